The quantitative estimate of drug-likeness (QED) is 0.818. The monoisotopic (exact) mass is 410 g/mol. The van der Waals surface area contributed by atoms with Gasteiger partial charge in [0.25, 0.3) is 5.92 Å². The minimum Gasteiger partial charge on any atom is -0.381 e. The first-order valence-electron chi connectivity index (χ1n) is 10.1. The molecule has 1 N–H and O–H groups in total. The standard InChI is InChI=1S/C23H24F2N4O/c24-23(25)12-21(13-26)29(16-23)22(30)15-28-11-10-20(14-28)27-19-8-6-18(7-9-19)17-4-2-1-3-5-17/h1-9,20-21,27H,10-12,14-16H2/t20-,21?/m0/s1. The van der Waals surface area contributed by atoms with Crippen LogP contribution in [0.15, 0.2) is 54.6 Å². The van der Waals surface area contributed by atoms with Crippen molar-refractivity contribution in [2.75, 3.05) is 31.5 Å². The highest BCUT2D eigenvalue weighted by Gasteiger charge is 2.47. The molecule has 2 heterocycles. The molecule has 2 aromatic rings. The lowest BCUT2D eigenvalue weighted by atomic mass is 10.1. The maximum absolute atomic E-state index is 13.6. The van der Waals surface area contributed by atoms with Gasteiger partial charge in [-0.3, -0.25) is 9.69 Å². The van der Waals surface area contributed by atoms with Gasteiger partial charge in [-0.2, -0.15) is 5.26 Å². The fraction of sp³-hybridized carbons (Fsp3) is 0.391. The number of nitrogens with one attached hydrogen (secondary N) is 1. The lowest BCUT2D eigenvalue weighted by molar-refractivity contribution is -0.133. The molecule has 0 aliphatic carbocycles. The summed E-state index contributed by atoms with van der Waals surface area (Å²) < 4.78 is 27.2. The number of carbonyl (C=O) groups excluding carboxylic acids is 1. The Balaban J connectivity index is 1.30. The van der Waals surface area contributed by atoms with Gasteiger partial charge in [-0.1, -0.05) is 42.5 Å². The highest BCUT2D eigenvalue weighted by molar-refractivity contribution is 5.79. The van der Waals surface area contributed by atoms with Gasteiger partial charge >= 0.3 is 0 Å². The lowest BCUT2D eigenvalue weighted by Crippen LogP contribution is -2.43. The summed E-state index contributed by atoms with van der Waals surface area (Å²) in [7, 11) is 0. The van der Waals surface area contributed by atoms with Gasteiger partial charge in [-0.15, -0.1) is 0 Å². The van der Waals surface area contributed by atoms with E-state index in [4.69, 9.17) is 5.26 Å². The van der Waals surface area contributed by atoms with Gasteiger partial charge in [-0.05, 0) is 29.7 Å². The number of alkyl halides is 2. The number of carbonyl (C=O) groups is 1. The van der Waals surface area contributed by atoms with Crippen LogP contribution in [0.5, 0.6) is 0 Å². The molecule has 0 spiro atoms. The van der Waals surface area contributed by atoms with Crippen molar-refractivity contribution in [2.24, 2.45) is 0 Å². The number of benzene rings is 2. The highest BCUT2D eigenvalue weighted by atomic mass is 19.3. The van der Waals surface area contributed by atoms with Gasteiger partial charge in [0.1, 0.15) is 6.04 Å². The summed E-state index contributed by atoms with van der Waals surface area (Å²) in [5.41, 5.74) is 3.32. The van der Waals surface area contributed by atoms with Gasteiger partial charge in [0, 0.05) is 31.2 Å². The van der Waals surface area contributed by atoms with Crippen LogP contribution in [-0.2, 0) is 4.79 Å². The van der Waals surface area contributed by atoms with E-state index in [1.54, 1.807) is 0 Å². The van der Waals surface area contributed by atoms with Crippen molar-refractivity contribution in [3.63, 3.8) is 0 Å². The minimum absolute atomic E-state index is 0.0688. The topological polar surface area (TPSA) is 59.4 Å². The molecule has 0 aromatic heterocycles. The number of anilines is 1. The number of hydrogen-bond acceptors (Lipinski definition) is 4. The molecule has 2 fully saturated rings. The third kappa shape index (κ3) is 4.60. The Morgan fingerprint density at radius 2 is 1.83 bits per heavy atom. The van der Waals surface area contributed by atoms with Crippen LogP contribution >= 0.6 is 0 Å². The summed E-state index contributed by atoms with van der Waals surface area (Å²) in [4.78, 5) is 15.5. The minimum atomic E-state index is -2.98. The fourth-order valence-corrected chi connectivity index (χ4v) is 4.20. The van der Waals surface area contributed by atoms with E-state index in [1.165, 1.54) is 0 Å². The second-order valence-corrected chi connectivity index (χ2v) is 8.04. The van der Waals surface area contributed by atoms with Gasteiger partial charge in [-0.25, -0.2) is 8.78 Å². The van der Waals surface area contributed by atoms with Crippen LogP contribution in [0.3, 0.4) is 0 Å². The van der Waals surface area contributed by atoms with E-state index in [9.17, 15) is 13.6 Å². The third-order valence-corrected chi connectivity index (χ3v) is 5.73. The third-order valence-electron chi connectivity index (χ3n) is 5.73. The summed E-state index contributed by atoms with van der Waals surface area (Å²) in [6.45, 7) is 0.785. The number of rotatable bonds is 5. The Kier molecular flexibility index (Phi) is 5.69. The summed E-state index contributed by atoms with van der Waals surface area (Å²) in [6, 6.07) is 19.4. The summed E-state index contributed by atoms with van der Waals surface area (Å²) >= 11 is 0. The Morgan fingerprint density at radius 3 is 2.53 bits per heavy atom. The van der Waals surface area contributed by atoms with Crippen LogP contribution < -0.4 is 5.32 Å². The van der Waals surface area contributed by atoms with E-state index in [2.05, 4.69) is 29.6 Å². The molecule has 30 heavy (non-hydrogen) atoms. The molecular formula is C23H24F2N4O. The van der Waals surface area contributed by atoms with Crippen LogP contribution in [-0.4, -0.2) is 59.9 Å². The van der Waals surface area contributed by atoms with Crippen molar-refractivity contribution in [1.82, 2.24) is 9.80 Å². The van der Waals surface area contributed by atoms with Crippen molar-refractivity contribution >= 4 is 11.6 Å². The van der Waals surface area contributed by atoms with Gasteiger partial charge in [0.2, 0.25) is 5.91 Å². The Labute approximate surface area is 174 Å². The number of likely N-dealkylation sites (tertiary alicyclic amines) is 2. The Bertz CT molecular complexity index is 926. The van der Waals surface area contributed by atoms with Crippen molar-refractivity contribution < 1.29 is 13.6 Å². The summed E-state index contributed by atoms with van der Waals surface area (Å²) in [6.07, 6.45) is 0.296. The van der Waals surface area contributed by atoms with Crippen LogP contribution in [0.25, 0.3) is 11.1 Å². The van der Waals surface area contributed by atoms with E-state index < -0.39 is 30.8 Å². The van der Waals surface area contributed by atoms with Crippen LogP contribution in [0, 0.1) is 11.3 Å². The summed E-state index contributed by atoms with van der Waals surface area (Å²) in [5, 5.41) is 12.6. The molecule has 2 aromatic carbocycles. The maximum Gasteiger partial charge on any atom is 0.268 e. The van der Waals surface area contributed by atoms with Crippen LogP contribution in [0.2, 0.25) is 0 Å². The SMILES string of the molecule is N#CC1CC(F)(F)CN1C(=O)CN1CC[C@H](Nc2ccc(-c3ccccc3)cc2)C1. The first kappa shape index (κ1) is 20.3. The number of nitriles is 1. The molecule has 2 aliphatic rings. The van der Waals surface area contributed by atoms with Crippen molar-refractivity contribution in [2.45, 2.75) is 30.8 Å². The molecule has 2 aliphatic heterocycles. The van der Waals surface area contributed by atoms with E-state index in [-0.39, 0.29) is 12.6 Å². The Morgan fingerprint density at radius 1 is 1.13 bits per heavy atom. The van der Waals surface area contributed by atoms with Gasteiger partial charge in [0.15, 0.2) is 0 Å². The van der Waals surface area contributed by atoms with E-state index in [0.29, 0.717) is 13.1 Å². The lowest BCUT2D eigenvalue weighted by Gasteiger charge is -2.23. The Hall–Kier alpha value is -2.98. The number of amides is 1. The maximum atomic E-state index is 13.6. The van der Waals surface area contributed by atoms with Crippen molar-refractivity contribution in [1.29, 1.82) is 5.26 Å². The largest absolute Gasteiger partial charge is 0.381 e. The van der Waals surface area contributed by atoms with Crippen LogP contribution in [0.4, 0.5) is 14.5 Å². The first-order valence-corrected chi connectivity index (χ1v) is 10.1. The zero-order chi connectivity index (χ0) is 21.1. The van der Waals surface area contributed by atoms with Gasteiger partial charge in [0.05, 0.1) is 19.2 Å². The summed E-state index contributed by atoms with van der Waals surface area (Å²) in [5.74, 6) is -3.37. The average molecular weight is 410 g/mol. The number of nitrogens with zero attached hydrogens (tertiary/aromatic N) is 3. The predicted molar refractivity (Wildman–Crippen MR) is 111 cm³/mol. The number of halogens is 2. The molecule has 156 valence electrons. The second-order valence-electron chi connectivity index (χ2n) is 8.04. The molecule has 0 radical (unpaired) electrons. The highest BCUT2D eigenvalue weighted by Crippen LogP contribution is 2.32. The molecule has 0 bridgehead atoms. The molecule has 5 nitrogen and oxygen atoms in total. The van der Waals surface area contributed by atoms with Crippen LogP contribution in [0.1, 0.15) is 12.8 Å². The van der Waals surface area contributed by atoms with Crippen molar-refractivity contribution in [3.8, 4) is 17.2 Å². The smallest absolute Gasteiger partial charge is 0.268 e. The first-order chi connectivity index (χ1) is 14.4. The average Bonchev–Trinajstić information content (AvgIpc) is 3.32. The van der Waals surface area contributed by atoms with Gasteiger partial charge < -0.3 is 10.2 Å². The molecule has 0 saturated carbocycles. The second kappa shape index (κ2) is 8.41. The van der Waals surface area contributed by atoms with E-state index in [1.807, 2.05) is 41.3 Å². The molecule has 7 heteroatoms. The zero-order valence-corrected chi connectivity index (χ0v) is 16.6. The number of hydrogen-bond donors (Lipinski definition) is 1. The predicted octanol–water partition coefficient (Wildman–Crippen LogP) is 3.60. The zero-order valence-electron chi connectivity index (χ0n) is 16.6. The fourth-order valence-electron chi connectivity index (χ4n) is 4.20. The normalized spacial score (nSPS) is 23.3. The van der Waals surface area contributed by atoms with E-state index in [0.717, 1.165) is 28.1 Å². The molecular weight excluding hydrogens is 386 g/mol. The van der Waals surface area contributed by atoms with E-state index >= 15 is 0 Å². The van der Waals surface area contributed by atoms with Crippen molar-refractivity contribution in [3.05, 3.63) is 54.6 Å². The molecule has 1 unspecified atom stereocenters. The molecule has 1 amide bonds. The molecule has 2 saturated heterocycles. The molecule has 4 rings (SSSR count). The molecule has 2 atom stereocenters.